The van der Waals surface area contributed by atoms with Gasteiger partial charge in [0.1, 0.15) is 19.3 Å². The molecule has 0 fully saturated rings. The van der Waals surface area contributed by atoms with E-state index < -0.39 is 97.5 Å². The standard InChI is InChI=1S/C79H154O17P2/c1-5-9-13-17-20-23-26-29-32-35-36-37-38-39-42-45-48-51-54-58-62-66-79(84)96-75(70-90-77(82)64-60-56-52-49-46-43-40-33-30-27-24-21-18-14-10-6-2)72-94-98(87,88)92-68-73(80)67-91-97(85,86)93-71-74(69-89-76(81)63-59-55-16-12-8-4)95-78(83)65-61-57-53-50-47-44-41-34-31-28-25-22-19-15-11-7-3/h73-75,80H,5-72H2,1-4H3,(H,85,86)(H,87,88)/t73-,74+,75+/m0/s1. The van der Waals surface area contributed by atoms with Crippen LogP contribution in [0.2, 0.25) is 0 Å². The Hall–Kier alpha value is -1.94. The van der Waals surface area contributed by atoms with Gasteiger partial charge in [0, 0.05) is 25.7 Å². The average Bonchev–Trinajstić information content (AvgIpc) is 1.08. The molecule has 19 heteroatoms. The van der Waals surface area contributed by atoms with Gasteiger partial charge in [-0.25, -0.2) is 9.13 Å². The molecule has 582 valence electrons. The van der Waals surface area contributed by atoms with Crippen molar-refractivity contribution < 1.29 is 80.2 Å². The van der Waals surface area contributed by atoms with Gasteiger partial charge < -0.3 is 33.8 Å². The molecule has 0 rings (SSSR count). The van der Waals surface area contributed by atoms with Crippen LogP contribution in [-0.2, 0) is 65.4 Å². The van der Waals surface area contributed by atoms with Gasteiger partial charge in [-0.3, -0.25) is 37.3 Å². The highest BCUT2D eigenvalue weighted by atomic mass is 31.2. The summed E-state index contributed by atoms with van der Waals surface area (Å²) in [6, 6.07) is 0. The maximum Gasteiger partial charge on any atom is 0.472 e. The zero-order chi connectivity index (χ0) is 71.8. The van der Waals surface area contributed by atoms with Crippen molar-refractivity contribution >= 4 is 39.5 Å². The number of hydrogen-bond donors (Lipinski definition) is 3. The number of ether oxygens (including phenoxy) is 4. The Morgan fingerprint density at radius 3 is 0.602 bits per heavy atom. The molecule has 0 aliphatic rings. The Morgan fingerprint density at radius 2 is 0.408 bits per heavy atom. The first-order valence-electron chi connectivity index (χ1n) is 41.3. The third kappa shape index (κ3) is 72.4. The molecule has 2 unspecified atom stereocenters. The molecule has 0 heterocycles. The lowest BCUT2D eigenvalue weighted by molar-refractivity contribution is -0.161. The maximum atomic E-state index is 13.1. The van der Waals surface area contributed by atoms with Crippen molar-refractivity contribution in [2.45, 2.75) is 444 Å². The van der Waals surface area contributed by atoms with E-state index in [1.165, 1.54) is 250 Å². The van der Waals surface area contributed by atoms with E-state index in [0.717, 1.165) is 96.3 Å². The number of hydrogen-bond acceptors (Lipinski definition) is 15. The summed E-state index contributed by atoms with van der Waals surface area (Å²) in [7, 11) is -9.90. The third-order valence-electron chi connectivity index (χ3n) is 18.6. The van der Waals surface area contributed by atoms with Gasteiger partial charge in [0.05, 0.1) is 26.4 Å². The summed E-state index contributed by atoms with van der Waals surface area (Å²) in [5, 5.41) is 10.6. The van der Waals surface area contributed by atoms with Crippen LogP contribution >= 0.6 is 15.6 Å². The first-order valence-corrected chi connectivity index (χ1v) is 44.3. The lowest BCUT2D eigenvalue weighted by Gasteiger charge is -2.21. The highest BCUT2D eigenvalue weighted by Gasteiger charge is 2.30. The Kier molecular flexibility index (Phi) is 71.9. The maximum absolute atomic E-state index is 13.1. The van der Waals surface area contributed by atoms with E-state index >= 15 is 0 Å². The summed E-state index contributed by atoms with van der Waals surface area (Å²) in [6.07, 6.45) is 65.7. The summed E-state index contributed by atoms with van der Waals surface area (Å²) in [4.78, 5) is 72.6. The van der Waals surface area contributed by atoms with Crippen molar-refractivity contribution in [2.75, 3.05) is 39.6 Å². The van der Waals surface area contributed by atoms with Gasteiger partial charge in [-0.1, -0.05) is 374 Å². The number of rotatable bonds is 80. The molecule has 0 saturated carbocycles. The van der Waals surface area contributed by atoms with Crippen LogP contribution in [0.15, 0.2) is 0 Å². The van der Waals surface area contributed by atoms with Crippen LogP contribution in [0.5, 0.6) is 0 Å². The minimum Gasteiger partial charge on any atom is -0.462 e. The minimum atomic E-state index is -4.96. The molecule has 0 spiro atoms. The Balaban J connectivity index is 5.11. The van der Waals surface area contributed by atoms with Crippen LogP contribution < -0.4 is 0 Å². The molecule has 0 amide bonds. The van der Waals surface area contributed by atoms with Crippen LogP contribution in [0.4, 0.5) is 0 Å². The summed E-state index contributed by atoms with van der Waals surface area (Å²) in [5.74, 6) is -2.12. The highest BCUT2D eigenvalue weighted by molar-refractivity contribution is 7.47. The highest BCUT2D eigenvalue weighted by Crippen LogP contribution is 2.45. The molecular weight excluding hydrogens is 1280 g/mol. The predicted molar refractivity (Wildman–Crippen MR) is 400 cm³/mol. The topological polar surface area (TPSA) is 237 Å². The fourth-order valence-electron chi connectivity index (χ4n) is 12.3. The van der Waals surface area contributed by atoms with Crippen molar-refractivity contribution in [1.29, 1.82) is 0 Å². The molecule has 0 aromatic rings. The van der Waals surface area contributed by atoms with Gasteiger partial charge in [0.15, 0.2) is 12.2 Å². The molecule has 0 saturated heterocycles. The fraction of sp³-hybridized carbons (Fsp3) is 0.949. The number of phosphoric ester groups is 2. The number of carbonyl (C=O) groups is 4. The smallest absolute Gasteiger partial charge is 0.462 e. The van der Waals surface area contributed by atoms with Gasteiger partial charge in [0.25, 0.3) is 0 Å². The molecule has 98 heavy (non-hydrogen) atoms. The number of unbranched alkanes of at least 4 members (excludes halogenated alkanes) is 54. The number of phosphoric acid groups is 2. The number of aliphatic hydroxyl groups excluding tert-OH is 1. The molecule has 0 bridgehead atoms. The zero-order valence-corrected chi connectivity index (χ0v) is 65.6. The van der Waals surface area contributed by atoms with Crippen molar-refractivity contribution in [3.8, 4) is 0 Å². The van der Waals surface area contributed by atoms with Crippen LogP contribution in [0.25, 0.3) is 0 Å². The molecule has 0 aliphatic heterocycles. The van der Waals surface area contributed by atoms with Gasteiger partial charge in [-0.2, -0.15) is 0 Å². The fourth-order valence-corrected chi connectivity index (χ4v) is 13.9. The van der Waals surface area contributed by atoms with Gasteiger partial charge >= 0.3 is 39.5 Å². The number of esters is 4. The quantitative estimate of drug-likeness (QED) is 0.0222. The second-order valence-electron chi connectivity index (χ2n) is 28.5. The average molecular weight is 1440 g/mol. The zero-order valence-electron chi connectivity index (χ0n) is 63.8. The number of aliphatic hydroxyl groups is 1. The summed E-state index contributed by atoms with van der Waals surface area (Å²) >= 11 is 0. The van der Waals surface area contributed by atoms with E-state index in [1.807, 2.05) is 0 Å². The van der Waals surface area contributed by atoms with E-state index in [2.05, 4.69) is 27.7 Å². The van der Waals surface area contributed by atoms with E-state index in [9.17, 15) is 43.2 Å². The summed E-state index contributed by atoms with van der Waals surface area (Å²) in [5.41, 5.74) is 0. The SMILES string of the molecule is CCCCCCCCCCCCCCCCCCCCCCCC(=O)O[C@H](COC(=O)CCCCCCCCCCCCCCCCCC)COP(=O)(O)OC[C@@H](O)COP(=O)(O)OC[C@@H](COC(=O)CCCCCCC)OC(=O)CCCCCCCCCCCCCCCCCC. The van der Waals surface area contributed by atoms with Gasteiger partial charge in [-0.15, -0.1) is 0 Å². The van der Waals surface area contributed by atoms with Crippen molar-refractivity contribution in [1.82, 2.24) is 0 Å². The lowest BCUT2D eigenvalue weighted by atomic mass is 10.0. The molecule has 0 aliphatic carbocycles. The monoisotopic (exact) mass is 1440 g/mol. The van der Waals surface area contributed by atoms with Crippen LogP contribution in [0.1, 0.15) is 426 Å². The van der Waals surface area contributed by atoms with Crippen molar-refractivity contribution in [3.05, 3.63) is 0 Å². The van der Waals surface area contributed by atoms with Crippen LogP contribution in [0, 0.1) is 0 Å². The normalized spacial score (nSPS) is 13.8. The van der Waals surface area contributed by atoms with E-state index in [-0.39, 0.29) is 25.7 Å². The van der Waals surface area contributed by atoms with Gasteiger partial charge in [0.2, 0.25) is 0 Å². The van der Waals surface area contributed by atoms with Gasteiger partial charge in [-0.05, 0) is 25.7 Å². The molecular formula is C79H154O17P2. The first-order chi connectivity index (χ1) is 47.7. The summed E-state index contributed by atoms with van der Waals surface area (Å²) < 4.78 is 68.4. The number of carbonyl (C=O) groups excluding carboxylic acids is 4. The first kappa shape index (κ1) is 96.1. The largest absolute Gasteiger partial charge is 0.472 e. The molecule has 17 nitrogen and oxygen atoms in total. The summed E-state index contributed by atoms with van der Waals surface area (Å²) in [6.45, 7) is 4.93. The predicted octanol–water partition coefficient (Wildman–Crippen LogP) is 23.8. The van der Waals surface area contributed by atoms with Crippen molar-refractivity contribution in [3.63, 3.8) is 0 Å². The van der Waals surface area contributed by atoms with E-state index in [4.69, 9.17) is 37.0 Å². The van der Waals surface area contributed by atoms with E-state index in [0.29, 0.717) is 25.7 Å². The molecule has 0 aromatic heterocycles. The van der Waals surface area contributed by atoms with Crippen molar-refractivity contribution in [2.24, 2.45) is 0 Å². The molecule has 3 N–H and O–H groups in total. The molecule has 0 radical (unpaired) electrons. The molecule has 5 atom stereocenters. The van der Waals surface area contributed by atoms with Crippen LogP contribution in [-0.4, -0.2) is 96.7 Å². The second-order valence-corrected chi connectivity index (χ2v) is 31.4. The minimum absolute atomic E-state index is 0.108. The second kappa shape index (κ2) is 73.4. The van der Waals surface area contributed by atoms with E-state index in [1.54, 1.807) is 0 Å². The Bertz CT molecular complexity index is 1860. The van der Waals surface area contributed by atoms with Crippen LogP contribution in [0.3, 0.4) is 0 Å². The lowest BCUT2D eigenvalue weighted by Crippen LogP contribution is -2.30. The third-order valence-corrected chi connectivity index (χ3v) is 20.5. The molecule has 0 aromatic carbocycles. The Morgan fingerprint density at radius 1 is 0.245 bits per heavy atom. The Labute approximate surface area is 600 Å².